The average molecular weight is 144 g/mol. The minimum Gasteiger partial charge on any atom is -0.342 e. The summed E-state index contributed by atoms with van der Waals surface area (Å²) in [4.78, 5) is 0. The van der Waals surface area contributed by atoms with E-state index in [1.54, 1.807) is 0 Å². The molecule has 0 aromatic rings. The van der Waals surface area contributed by atoms with E-state index in [9.17, 15) is 17.6 Å². The summed E-state index contributed by atoms with van der Waals surface area (Å²) >= 11 is 0. The third kappa shape index (κ3) is 0.527. The van der Waals surface area contributed by atoms with Crippen LogP contribution < -0.4 is 0 Å². The van der Waals surface area contributed by atoms with Gasteiger partial charge in [0, 0.05) is 7.11 Å². The van der Waals surface area contributed by atoms with E-state index in [0.717, 1.165) is 0 Å². The van der Waals surface area contributed by atoms with Crippen LogP contribution in [0, 0.1) is 0 Å². The highest BCUT2D eigenvalue weighted by molar-refractivity contribution is 5.16. The highest BCUT2D eigenvalue weighted by Crippen LogP contribution is 2.58. The Kier molecular flexibility index (Phi) is 1.05. The molecule has 1 aliphatic carbocycles. The van der Waals surface area contributed by atoms with E-state index in [4.69, 9.17) is 0 Å². The Morgan fingerprint density at radius 1 is 1.33 bits per heavy atom. The summed E-state index contributed by atoms with van der Waals surface area (Å²) in [5.41, 5.74) is 0. The molecule has 0 amide bonds. The Hall–Kier alpha value is -0.320. The maximum absolute atomic E-state index is 12.1. The van der Waals surface area contributed by atoms with Crippen LogP contribution in [0.2, 0.25) is 0 Å². The lowest BCUT2D eigenvalue weighted by molar-refractivity contribution is -0.114. The van der Waals surface area contributed by atoms with Crippen LogP contribution in [-0.4, -0.2) is 25.1 Å². The van der Waals surface area contributed by atoms with E-state index >= 15 is 0 Å². The van der Waals surface area contributed by atoms with Crippen LogP contribution in [0.1, 0.15) is 0 Å². The first kappa shape index (κ1) is 6.80. The van der Waals surface area contributed by atoms with Gasteiger partial charge in [-0.2, -0.15) is 8.78 Å². The molecule has 1 aliphatic rings. The van der Waals surface area contributed by atoms with Crippen LogP contribution in [0.5, 0.6) is 0 Å². The van der Waals surface area contributed by atoms with Gasteiger partial charge >= 0.3 is 11.8 Å². The summed E-state index contributed by atoms with van der Waals surface area (Å²) in [5.74, 6) is -7.30. The van der Waals surface area contributed by atoms with Gasteiger partial charge in [-0.25, -0.2) is 8.78 Å². The normalized spacial score (nSPS) is 47.0. The van der Waals surface area contributed by atoms with Crippen molar-refractivity contribution in [1.29, 1.82) is 0 Å². The molecular formula is C4H4F4O. The van der Waals surface area contributed by atoms with Gasteiger partial charge in [0.1, 0.15) is 0 Å². The first-order valence-electron chi connectivity index (χ1n) is 2.22. The fourth-order valence-corrected chi connectivity index (χ4v) is 0.552. The molecule has 0 aromatic heterocycles. The van der Waals surface area contributed by atoms with E-state index in [1.807, 2.05) is 0 Å². The molecule has 0 bridgehead atoms. The molecule has 1 fully saturated rings. The average Bonchev–Trinajstić information content (AvgIpc) is 2.16. The number of rotatable bonds is 1. The fraction of sp³-hybridized carbons (Fsp3) is 1.00. The topological polar surface area (TPSA) is 9.23 Å². The largest absolute Gasteiger partial charge is 0.345 e. The van der Waals surface area contributed by atoms with Gasteiger partial charge in [0.05, 0.1) is 0 Å². The molecule has 0 saturated heterocycles. The van der Waals surface area contributed by atoms with E-state index in [2.05, 4.69) is 4.74 Å². The second-order valence-corrected chi connectivity index (χ2v) is 1.83. The molecule has 0 heterocycles. The second kappa shape index (κ2) is 1.39. The summed E-state index contributed by atoms with van der Waals surface area (Å²) in [5, 5.41) is 0. The molecule has 0 aliphatic heterocycles. The molecule has 9 heavy (non-hydrogen) atoms. The monoisotopic (exact) mass is 144 g/mol. The van der Waals surface area contributed by atoms with E-state index in [0.29, 0.717) is 7.11 Å². The zero-order valence-corrected chi connectivity index (χ0v) is 4.50. The summed E-state index contributed by atoms with van der Waals surface area (Å²) in [6, 6.07) is 0. The number of halogens is 4. The predicted molar refractivity (Wildman–Crippen MR) is 20.7 cm³/mol. The third-order valence-electron chi connectivity index (χ3n) is 1.31. The molecule has 0 spiro atoms. The van der Waals surface area contributed by atoms with E-state index in [1.165, 1.54) is 0 Å². The van der Waals surface area contributed by atoms with Gasteiger partial charge in [-0.1, -0.05) is 0 Å². The molecule has 0 N–H and O–H groups in total. The molecule has 0 radical (unpaired) electrons. The quantitative estimate of drug-likeness (QED) is 0.504. The number of alkyl halides is 4. The SMILES string of the molecule is COC1(F)C(F)C1(F)F. The lowest BCUT2D eigenvalue weighted by Crippen LogP contribution is -2.14. The van der Waals surface area contributed by atoms with Crippen molar-refractivity contribution >= 4 is 0 Å². The molecule has 5 heteroatoms. The van der Waals surface area contributed by atoms with Crippen molar-refractivity contribution in [1.82, 2.24) is 0 Å². The standard InChI is InChI=1S/C4H4F4O/c1-9-4(8)2(5)3(4,6)7/h2H,1H3. The smallest absolute Gasteiger partial charge is 0.342 e. The molecule has 2 atom stereocenters. The van der Waals surface area contributed by atoms with Gasteiger partial charge < -0.3 is 4.74 Å². The van der Waals surface area contributed by atoms with E-state index in [-0.39, 0.29) is 0 Å². The Labute approximate surface area is 48.6 Å². The maximum atomic E-state index is 12.1. The molecule has 54 valence electrons. The molecule has 0 aromatic carbocycles. The first-order valence-corrected chi connectivity index (χ1v) is 2.22. The Morgan fingerprint density at radius 2 is 1.67 bits per heavy atom. The zero-order chi connectivity index (χ0) is 7.28. The summed E-state index contributed by atoms with van der Waals surface area (Å²) < 4.78 is 50.7. The number of methoxy groups -OCH3 is 1. The lowest BCUT2D eigenvalue weighted by Gasteiger charge is -1.98. The number of hydrogen-bond acceptors (Lipinski definition) is 1. The summed E-state index contributed by atoms with van der Waals surface area (Å²) in [6.07, 6.45) is -2.80. The van der Waals surface area contributed by atoms with Gasteiger partial charge in [0.2, 0.25) is 6.17 Å². The molecular weight excluding hydrogens is 140 g/mol. The maximum Gasteiger partial charge on any atom is 0.345 e. The van der Waals surface area contributed by atoms with Crippen molar-refractivity contribution in [3.05, 3.63) is 0 Å². The minimum atomic E-state index is -3.94. The highest BCUT2D eigenvalue weighted by atomic mass is 19.3. The first-order chi connectivity index (χ1) is 3.97. The van der Waals surface area contributed by atoms with Crippen molar-refractivity contribution < 1.29 is 22.3 Å². The van der Waals surface area contributed by atoms with E-state index < -0.39 is 17.9 Å². The van der Waals surface area contributed by atoms with Crippen LogP contribution in [-0.2, 0) is 4.74 Å². The number of hydrogen-bond donors (Lipinski definition) is 0. The summed E-state index contributed by atoms with van der Waals surface area (Å²) in [6.45, 7) is 0. The lowest BCUT2D eigenvalue weighted by atomic mass is 10.7. The van der Waals surface area contributed by atoms with Crippen LogP contribution >= 0.6 is 0 Å². The Morgan fingerprint density at radius 3 is 1.67 bits per heavy atom. The minimum absolute atomic E-state index is 0.702. The fourth-order valence-electron chi connectivity index (χ4n) is 0.552. The van der Waals surface area contributed by atoms with Crippen LogP contribution in [0.4, 0.5) is 17.6 Å². The van der Waals surface area contributed by atoms with Crippen molar-refractivity contribution in [3.63, 3.8) is 0 Å². The van der Waals surface area contributed by atoms with Crippen LogP contribution in [0.25, 0.3) is 0 Å². The third-order valence-corrected chi connectivity index (χ3v) is 1.31. The van der Waals surface area contributed by atoms with Crippen molar-refractivity contribution in [2.75, 3.05) is 7.11 Å². The Bertz CT molecular complexity index is 137. The molecule has 1 nitrogen and oxygen atoms in total. The molecule has 2 unspecified atom stereocenters. The summed E-state index contributed by atoms with van der Waals surface area (Å²) in [7, 11) is 0.702. The van der Waals surface area contributed by atoms with Crippen molar-refractivity contribution in [2.24, 2.45) is 0 Å². The zero-order valence-electron chi connectivity index (χ0n) is 4.50. The highest BCUT2D eigenvalue weighted by Gasteiger charge is 2.87. The second-order valence-electron chi connectivity index (χ2n) is 1.83. The van der Waals surface area contributed by atoms with Crippen molar-refractivity contribution in [2.45, 2.75) is 17.9 Å². The van der Waals surface area contributed by atoms with Gasteiger partial charge in [-0.15, -0.1) is 0 Å². The Balaban J connectivity index is 2.70. The van der Waals surface area contributed by atoms with Gasteiger partial charge in [0.25, 0.3) is 0 Å². The van der Waals surface area contributed by atoms with Gasteiger partial charge in [0.15, 0.2) is 0 Å². The van der Waals surface area contributed by atoms with Crippen LogP contribution in [0.15, 0.2) is 0 Å². The van der Waals surface area contributed by atoms with Crippen LogP contribution in [0.3, 0.4) is 0 Å². The van der Waals surface area contributed by atoms with Crippen molar-refractivity contribution in [3.8, 4) is 0 Å². The predicted octanol–water partition coefficient (Wildman–Crippen LogP) is 1.29. The molecule has 1 saturated carbocycles. The van der Waals surface area contributed by atoms with Gasteiger partial charge in [-0.3, -0.25) is 0 Å². The number of ether oxygens (including phenoxy) is 1. The molecule has 1 rings (SSSR count). The van der Waals surface area contributed by atoms with Gasteiger partial charge in [-0.05, 0) is 0 Å².